The number of aliphatic hydroxyl groups is 2. The number of benzene rings is 1. The van der Waals surface area contributed by atoms with Crippen LogP contribution in [0, 0.1) is 5.92 Å². The van der Waals surface area contributed by atoms with Crippen molar-refractivity contribution in [2.75, 3.05) is 6.79 Å². The molecular weight excluding hydrogens is 312 g/mol. The summed E-state index contributed by atoms with van der Waals surface area (Å²) in [7, 11) is 0. The van der Waals surface area contributed by atoms with Gasteiger partial charge in [0.25, 0.3) is 0 Å². The topological polar surface area (TPSA) is 93.1 Å². The highest BCUT2D eigenvalue weighted by Gasteiger charge is 2.49. The molecule has 2 aliphatic rings. The van der Waals surface area contributed by atoms with Gasteiger partial charge in [-0.25, -0.2) is 0 Å². The fraction of sp³-hybridized carbons (Fsp3) is 0.444. The molecule has 0 amide bonds. The molecule has 0 bridgehead atoms. The van der Waals surface area contributed by atoms with Crippen LogP contribution in [0.1, 0.15) is 38.7 Å². The van der Waals surface area contributed by atoms with E-state index >= 15 is 0 Å². The largest absolute Gasteiger partial charge is 0.512 e. The zero-order chi connectivity index (χ0) is 17.6. The van der Waals surface area contributed by atoms with Gasteiger partial charge in [0.1, 0.15) is 11.5 Å². The average Bonchev–Trinajstić information content (AvgIpc) is 2.91. The standard InChI is InChI=1S/C18H20O6/c1-9(19)15-12(21)7-18(3,22)17(10(2)20)16(15)11-4-5-13-14(6-11)24-8-23-13/h4-6,16-17,21-22H,7-8H2,1-3H3/t16-,17+,18+/m1/s1. The number of carbonyl (C=O) groups excluding carboxylic acids is 2. The van der Waals surface area contributed by atoms with Crippen LogP contribution in [-0.4, -0.2) is 34.2 Å². The molecule has 1 aromatic carbocycles. The van der Waals surface area contributed by atoms with E-state index in [1.165, 1.54) is 20.8 Å². The van der Waals surface area contributed by atoms with Gasteiger partial charge in [-0.3, -0.25) is 9.59 Å². The van der Waals surface area contributed by atoms with E-state index in [-0.39, 0.29) is 36.1 Å². The molecule has 0 fully saturated rings. The third-order valence-electron chi connectivity index (χ3n) is 4.72. The van der Waals surface area contributed by atoms with Crippen molar-refractivity contribution in [2.45, 2.75) is 38.7 Å². The predicted octanol–water partition coefficient (Wildman–Crippen LogP) is 2.26. The molecule has 6 nitrogen and oxygen atoms in total. The Hall–Kier alpha value is -2.34. The minimum Gasteiger partial charge on any atom is -0.512 e. The van der Waals surface area contributed by atoms with Crippen LogP contribution in [-0.2, 0) is 9.59 Å². The van der Waals surface area contributed by atoms with Crippen molar-refractivity contribution in [3.63, 3.8) is 0 Å². The molecule has 1 aromatic rings. The number of carbonyl (C=O) groups is 2. The molecule has 6 heteroatoms. The van der Waals surface area contributed by atoms with Crippen molar-refractivity contribution in [3.05, 3.63) is 35.1 Å². The zero-order valence-corrected chi connectivity index (χ0v) is 13.8. The van der Waals surface area contributed by atoms with E-state index in [0.29, 0.717) is 17.1 Å². The summed E-state index contributed by atoms with van der Waals surface area (Å²) in [6.07, 6.45) is -0.132. The molecule has 0 aromatic heterocycles. The van der Waals surface area contributed by atoms with Crippen molar-refractivity contribution in [1.29, 1.82) is 0 Å². The fourth-order valence-electron chi connectivity index (χ4n) is 3.81. The van der Waals surface area contributed by atoms with Gasteiger partial charge in [-0.05, 0) is 38.5 Å². The van der Waals surface area contributed by atoms with E-state index in [1.54, 1.807) is 18.2 Å². The Kier molecular flexibility index (Phi) is 3.87. The first-order chi connectivity index (χ1) is 11.2. The molecule has 1 heterocycles. The Balaban J connectivity index is 2.20. The van der Waals surface area contributed by atoms with Gasteiger partial charge in [-0.2, -0.15) is 0 Å². The van der Waals surface area contributed by atoms with Gasteiger partial charge < -0.3 is 19.7 Å². The highest BCUT2D eigenvalue weighted by Crippen LogP contribution is 2.48. The van der Waals surface area contributed by atoms with Crippen molar-refractivity contribution >= 4 is 11.6 Å². The summed E-state index contributed by atoms with van der Waals surface area (Å²) in [6.45, 7) is 4.35. The third kappa shape index (κ3) is 2.57. The van der Waals surface area contributed by atoms with Crippen LogP contribution in [0.2, 0.25) is 0 Å². The van der Waals surface area contributed by atoms with E-state index in [2.05, 4.69) is 0 Å². The third-order valence-corrected chi connectivity index (χ3v) is 4.72. The fourth-order valence-corrected chi connectivity index (χ4v) is 3.81. The molecule has 2 N–H and O–H groups in total. The molecule has 128 valence electrons. The van der Waals surface area contributed by atoms with Crippen LogP contribution in [0.25, 0.3) is 0 Å². The molecule has 0 saturated carbocycles. The predicted molar refractivity (Wildman–Crippen MR) is 85.1 cm³/mol. The lowest BCUT2D eigenvalue weighted by molar-refractivity contribution is -0.132. The van der Waals surface area contributed by atoms with Gasteiger partial charge in [0, 0.05) is 17.9 Å². The van der Waals surface area contributed by atoms with Crippen LogP contribution in [0.5, 0.6) is 11.5 Å². The van der Waals surface area contributed by atoms with E-state index < -0.39 is 17.4 Å². The lowest BCUT2D eigenvalue weighted by Crippen LogP contribution is -2.47. The Labute approximate surface area is 139 Å². The van der Waals surface area contributed by atoms with Crippen molar-refractivity contribution in [3.8, 4) is 11.5 Å². The number of aliphatic hydroxyl groups excluding tert-OH is 1. The van der Waals surface area contributed by atoms with Gasteiger partial charge in [0.15, 0.2) is 17.3 Å². The number of ketones is 2. The monoisotopic (exact) mass is 332 g/mol. The smallest absolute Gasteiger partial charge is 0.231 e. The van der Waals surface area contributed by atoms with Gasteiger partial charge >= 0.3 is 0 Å². The number of hydrogen-bond donors (Lipinski definition) is 2. The highest BCUT2D eigenvalue weighted by molar-refractivity contribution is 5.97. The zero-order valence-electron chi connectivity index (χ0n) is 13.8. The molecule has 0 saturated heterocycles. The summed E-state index contributed by atoms with van der Waals surface area (Å²) < 4.78 is 10.7. The number of hydrogen-bond acceptors (Lipinski definition) is 6. The minimum absolute atomic E-state index is 0.109. The molecule has 3 rings (SSSR count). The maximum atomic E-state index is 12.3. The minimum atomic E-state index is -1.45. The summed E-state index contributed by atoms with van der Waals surface area (Å²) in [5.41, 5.74) is -0.660. The SMILES string of the molecule is CC(=O)C1=C(O)C[C@](C)(O)[C@@H](C(C)=O)[C@@H]1c1ccc2c(c1)OCO2. The summed E-state index contributed by atoms with van der Waals surface area (Å²) in [5, 5.41) is 21.0. The van der Waals surface area contributed by atoms with Crippen LogP contribution in [0.4, 0.5) is 0 Å². The van der Waals surface area contributed by atoms with E-state index in [9.17, 15) is 19.8 Å². The maximum absolute atomic E-state index is 12.3. The molecular formula is C18H20O6. The normalized spacial score (nSPS) is 28.8. The number of allylic oxidation sites excluding steroid dienone is 1. The van der Waals surface area contributed by atoms with Gasteiger partial charge in [-0.1, -0.05) is 6.07 Å². The van der Waals surface area contributed by atoms with Gasteiger partial charge in [0.2, 0.25) is 6.79 Å². The Morgan fingerprint density at radius 3 is 2.50 bits per heavy atom. The quantitative estimate of drug-likeness (QED) is 0.882. The molecule has 24 heavy (non-hydrogen) atoms. The molecule has 1 aliphatic carbocycles. The first-order valence-corrected chi connectivity index (χ1v) is 7.77. The second-order valence-corrected chi connectivity index (χ2v) is 6.63. The Morgan fingerprint density at radius 2 is 1.88 bits per heavy atom. The molecule has 0 unspecified atom stereocenters. The summed E-state index contributed by atoms with van der Waals surface area (Å²) in [6, 6.07) is 5.12. The van der Waals surface area contributed by atoms with Crippen LogP contribution < -0.4 is 9.47 Å². The van der Waals surface area contributed by atoms with E-state index in [4.69, 9.17) is 9.47 Å². The number of rotatable bonds is 3. The number of ether oxygens (including phenoxy) is 2. The average molecular weight is 332 g/mol. The molecule has 1 aliphatic heterocycles. The molecule has 0 radical (unpaired) electrons. The summed E-state index contributed by atoms with van der Waals surface area (Å²) in [5.74, 6) is -1.22. The molecule has 0 spiro atoms. The molecule has 3 atom stereocenters. The van der Waals surface area contributed by atoms with E-state index in [0.717, 1.165) is 0 Å². The Morgan fingerprint density at radius 1 is 1.21 bits per heavy atom. The van der Waals surface area contributed by atoms with Crippen LogP contribution in [0.3, 0.4) is 0 Å². The van der Waals surface area contributed by atoms with E-state index in [1.807, 2.05) is 0 Å². The first-order valence-electron chi connectivity index (χ1n) is 7.77. The maximum Gasteiger partial charge on any atom is 0.231 e. The highest BCUT2D eigenvalue weighted by atomic mass is 16.7. The van der Waals surface area contributed by atoms with Crippen LogP contribution >= 0.6 is 0 Å². The second kappa shape index (κ2) is 5.63. The van der Waals surface area contributed by atoms with Crippen LogP contribution in [0.15, 0.2) is 29.5 Å². The van der Waals surface area contributed by atoms with Crippen molar-refractivity contribution < 1.29 is 29.3 Å². The number of fused-ring (bicyclic) bond motifs is 1. The first kappa shape index (κ1) is 16.5. The van der Waals surface area contributed by atoms with Gasteiger partial charge in [0.05, 0.1) is 11.5 Å². The number of Topliss-reactive ketones (excluding diaryl/α,β-unsaturated/α-hetero) is 2. The Bertz CT molecular complexity index is 746. The summed E-state index contributed by atoms with van der Waals surface area (Å²) >= 11 is 0. The van der Waals surface area contributed by atoms with Crippen molar-refractivity contribution in [1.82, 2.24) is 0 Å². The second-order valence-electron chi connectivity index (χ2n) is 6.63. The van der Waals surface area contributed by atoms with Crippen molar-refractivity contribution in [2.24, 2.45) is 5.92 Å². The summed E-state index contributed by atoms with van der Waals surface area (Å²) in [4.78, 5) is 24.4. The van der Waals surface area contributed by atoms with Gasteiger partial charge in [-0.15, -0.1) is 0 Å². The lowest BCUT2D eigenvalue weighted by Gasteiger charge is -2.42. The lowest BCUT2D eigenvalue weighted by atomic mass is 9.64.